The molecule has 2 saturated heterocycles. The van der Waals surface area contributed by atoms with Gasteiger partial charge in [0.25, 0.3) is 0 Å². The first kappa shape index (κ1) is 116. The highest BCUT2D eigenvalue weighted by Gasteiger charge is 2.68. The van der Waals surface area contributed by atoms with Crippen molar-refractivity contribution < 1.29 is 134 Å². The van der Waals surface area contributed by atoms with E-state index >= 15 is 0 Å². The van der Waals surface area contributed by atoms with Crippen LogP contribution in [0.1, 0.15) is 262 Å². The highest BCUT2D eigenvalue weighted by atomic mass is 16.7. The maximum atomic E-state index is 14.6. The van der Waals surface area contributed by atoms with Gasteiger partial charge >= 0.3 is 5.97 Å². The van der Waals surface area contributed by atoms with Gasteiger partial charge in [0.2, 0.25) is 23.6 Å². The summed E-state index contributed by atoms with van der Waals surface area (Å²) in [5.41, 5.74) is 5.40. The molecule has 3 heterocycles. The Labute approximate surface area is 836 Å². The Bertz CT molecular complexity index is 4140. The molecule has 0 aromatic rings. The molecule has 11 rings (SSSR count). The van der Waals surface area contributed by atoms with E-state index in [-0.39, 0.29) is 188 Å². The van der Waals surface area contributed by atoms with E-state index in [0.29, 0.717) is 110 Å². The van der Waals surface area contributed by atoms with Crippen LogP contribution in [0.25, 0.3) is 0 Å². The van der Waals surface area contributed by atoms with E-state index < -0.39 is 177 Å². The lowest BCUT2D eigenvalue weighted by Gasteiger charge is -2.63. The van der Waals surface area contributed by atoms with E-state index in [0.717, 1.165) is 51.4 Å². The summed E-state index contributed by atoms with van der Waals surface area (Å²) in [5.74, 6) is -4.43. The summed E-state index contributed by atoms with van der Waals surface area (Å²) in [6.07, 6.45) is 14.8. The second-order valence-corrected chi connectivity index (χ2v) is 45.7. The quantitative estimate of drug-likeness (QED) is 0.0261. The Morgan fingerprint density at radius 2 is 0.993 bits per heavy atom. The Hall–Kier alpha value is -5.35. The number of aliphatic hydroxyl groups is 16. The van der Waals surface area contributed by atoms with Crippen LogP contribution in [0.3, 0.4) is 0 Å². The maximum Gasteiger partial charge on any atom is 0.308 e. The van der Waals surface area contributed by atoms with Crippen LogP contribution in [0.2, 0.25) is 0 Å². The SMILES string of the molecule is CC1OC(O[C@H]2/C=C/C=C/C=C/C=C/C=C/C=C/C=C/[C@H](C)[C@@H](O)[C@@H](C)[C@H](C)OC(=O)C[C@H](O)C[C@H](O)CC[C@@H](O)[C@H](O)C[C@H](O)C[C@]3(O)C[C@H](O)[C@@H](C(=O)NCCOCCOCCC(=O)N(CCCCNC(=O)CC[C@@H](C)C4CCC5C6C(O)CC7CC(O)CCC7(C)C6CC(O)C54C)CCCNC(=O)CC[C@@H](C)C4CCC5C6C(O)CC7CC(O)CCC7(C)C6CC(O)C54C)[C@H](C2)O3)C(O)C(N)C1O. The number of nitrogens with one attached hydrogen (secondary N) is 3. The molecule has 4 amide bonds. The van der Waals surface area contributed by atoms with Crippen molar-refractivity contribution in [3.63, 3.8) is 0 Å². The number of amides is 4. The fourth-order valence-corrected chi connectivity index (χ4v) is 28.1. The standard InChI is InChI=1S/C109H179N5O27/c1-64(78-31-33-80-96-82(60-90(125)107(78,80)9)105(7)41-38-73(116)52-70(105)54-86(96)122)28-36-92(127)111-43-23-24-46-114(47-25-44-112-93(128)37-29-65(2)79-32-34-81-97-83(61-91(126)108(79,81)10)106(8)42-39-74(117)53-71(106)55-87(97)123)94(129)40-48-136-50-51-137-49-45-113-103(134)98-88(124)63-109(135)62-76(119)57-85(121)84(120)35-30-72(115)56-75(118)58-95(130)138-68(5)67(4)100(131)66(3)26-21-19-17-15-13-11-12-14-16-18-20-22-27-77(59-89(98)141-109)140-104-102(133)99(110)101(132)69(6)139-104/h11-22,26-27,64-91,96-102,104,115-126,131-133,135H,23-25,28-63,110H2,1-10H3,(H,111,127)(H,112,128)(H,113,134)/b12-11+,15-13+,16-14+,19-17+,20-18+,26-21+,27-22+/t64-,65-,66+,67+,68+,69?,70?,71?,72-,73?,74?,75-,76+,77+,78?,79?,80?,81?,82?,83?,84-,85-,86?,87?,88+,89+,90?,91?,96?,97?,98-,99?,100-,101?,102?,104?,105?,106?,107?,108?,109-/m1/s1. The summed E-state index contributed by atoms with van der Waals surface area (Å²) in [4.78, 5) is 70.9. The third-order valence-electron chi connectivity index (χ3n) is 36.6. The smallest absolute Gasteiger partial charge is 0.308 e. The normalized spacial score (nSPS) is 44.4. The number of ether oxygens (including phenoxy) is 6. The molecule has 21 N–H and O–H groups in total. The summed E-state index contributed by atoms with van der Waals surface area (Å²) in [6, 6.07) is -1.21. The lowest BCUT2D eigenvalue weighted by atomic mass is 9.43. The fraction of sp³-hybridized carbons (Fsp3) is 0.826. The van der Waals surface area contributed by atoms with Crippen LogP contribution >= 0.6 is 0 Å². The van der Waals surface area contributed by atoms with Crippen LogP contribution in [0.4, 0.5) is 0 Å². The monoisotopic (exact) mass is 1990 g/mol. The summed E-state index contributed by atoms with van der Waals surface area (Å²) in [7, 11) is 0. The van der Waals surface area contributed by atoms with Crippen molar-refractivity contribution in [2.45, 2.75) is 396 Å². The van der Waals surface area contributed by atoms with Crippen LogP contribution in [0, 0.1) is 110 Å². The predicted octanol–water partition coefficient (Wildman–Crippen LogP) is 7.15. The highest BCUT2D eigenvalue weighted by Crippen LogP contribution is 2.71. The van der Waals surface area contributed by atoms with Crippen LogP contribution in [0.15, 0.2) is 85.1 Å². The first-order valence-electron chi connectivity index (χ1n) is 53.7. The van der Waals surface area contributed by atoms with Crippen molar-refractivity contribution in [2.24, 2.45) is 116 Å². The Balaban J connectivity index is 0.681. The van der Waals surface area contributed by atoms with Crippen molar-refractivity contribution in [3.05, 3.63) is 85.1 Å². The summed E-state index contributed by atoms with van der Waals surface area (Å²) in [6.45, 7) is 21.7. The van der Waals surface area contributed by atoms with Gasteiger partial charge in [0.1, 0.15) is 12.2 Å². The molecule has 0 spiro atoms. The minimum Gasteiger partial charge on any atom is -0.462 e. The number of unbranched alkanes of at least 4 members (excludes halogenated alkanes) is 1. The molecule has 8 saturated carbocycles. The molecule has 141 heavy (non-hydrogen) atoms. The number of allylic oxidation sites excluding steroid dienone is 12. The number of hydrogen-bond donors (Lipinski definition) is 20. The van der Waals surface area contributed by atoms with Crippen LogP contribution in [-0.2, 0) is 52.4 Å². The van der Waals surface area contributed by atoms with Crippen molar-refractivity contribution in [1.29, 1.82) is 0 Å². The third-order valence-corrected chi connectivity index (χ3v) is 36.6. The van der Waals surface area contributed by atoms with Gasteiger partial charge in [-0.1, -0.05) is 140 Å². The highest BCUT2D eigenvalue weighted by molar-refractivity contribution is 5.80. The molecular weight excluding hydrogens is 1810 g/mol. The lowest BCUT2D eigenvalue weighted by molar-refractivity contribution is -0.307. The zero-order valence-electron chi connectivity index (χ0n) is 85.6. The third kappa shape index (κ3) is 29.7. The number of aliphatic hydroxyl groups excluding tert-OH is 15. The van der Waals surface area contributed by atoms with E-state index in [9.17, 15) is 106 Å². The molecule has 41 atom stereocenters. The maximum absolute atomic E-state index is 14.6. The molecule has 0 aromatic carbocycles. The van der Waals surface area contributed by atoms with Gasteiger partial charge < -0.3 is 137 Å². The van der Waals surface area contributed by atoms with Crippen molar-refractivity contribution in [1.82, 2.24) is 20.9 Å². The second-order valence-electron chi connectivity index (χ2n) is 45.7. The van der Waals surface area contributed by atoms with E-state index in [1.165, 1.54) is 0 Å². The Morgan fingerprint density at radius 1 is 0.482 bits per heavy atom. The number of esters is 1. The van der Waals surface area contributed by atoms with Crippen LogP contribution in [-0.4, -0.2) is 309 Å². The summed E-state index contributed by atoms with van der Waals surface area (Å²) >= 11 is 0. The number of nitrogens with zero attached hydrogens (tertiary/aromatic N) is 1. The van der Waals surface area contributed by atoms with Gasteiger partial charge in [0, 0.05) is 83.1 Å². The van der Waals surface area contributed by atoms with Gasteiger partial charge in [0.05, 0.1) is 155 Å². The van der Waals surface area contributed by atoms with E-state index in [2.05, 4.69) is 57.5 Å². The van der Waals surface area contributed by atoms with Crippen LogP contribution in [0.5, 0.6) is 0 Å². The molecule has 10 fully saturated rings. The van der Waals surface area contributed by atoms with Crippen molar-refractivity contribution >= 4 is 29.6 Å². The average molecular weight is 1990 g/mol. The molecule has 32 heteroatoms. The van der Waals surface area contributed by atoms with Crippen molar-refractivity contribution in [3.8, 4) is 0 Å². The lowest BCUT2D eigenvalue weighted by Crippen LogP contribution is -2.62. The van der Waals surface area contributed by atoms with Gasteiger partial charge in [0.15, 0.2) is 12.1 Å². The molecule has 3 aliphatic heterocycles. The average Bonchev–Trinajstić information content (AvgIpc) is 1.63. The first-order valence-corrected chi connectivity index (χ1v) is 53.7. The number of rotatable bonds is 29. The van der Waals surface area contributed by atoms with E-state index in [1.807, 2.05) is 31.2 Å². The molecule has 11 aliphatic rings. The number of carbonyl (C=O) groups excluding carboxylic acids is 5. The minimum absolute atomic E-state index is 0.0231. The van der Waals surface area contributed by atoms with Gasteiger partial charge in [-0.3, -0.25) is 24.0 Å². The number of hydrogen-bond acceptors (Lipinski definition) is 28. The minimum atomic E-state index is -2.39. The molecule has 8 aliphatic carbocycles. The van der Waals surface area contributed by atoms with Crippen LogP contribution < -0.4 is 21.7 Å². The molecule has 0 aromatic heterocycles. The Kier molecular flexibility index (Phi) is 43.7. The zero-order chi connectivity index (χ0) is 103. The van der Waals surface area contributed by atoms with Gasteiger partial charge in [-0.2, -0.15) is 0 Å². The molecule has 0 radical (unpaired) electrons. The van der Waals surface area contributed by atoms with Gasteiger partial charge in [-0.15, -0.1) is 0 Å². The predicted molar refractivity (Wildman–Crippen MR) is 530 cm³/mol. The van der Waals surface area contributed by atoms with Crippen molar-refractivity contribution in [2.75, 3.05) is 59.2 Å². The summed E-state index contributed by atoms with van der Waals surface area (Å²) < 4.78 is 36.1. The molecular formula is C109H179N5O27. The molecule has 802 valence electrons. The molecule has 32 nitrogen and oxygen atoms in total. The molecule has 2 bridgehead atoms. The summed E-state index contributed by atoms with van der Waals surface area (Å²) in [5, 5.41) is 191. The number of nitrogens with two attached hydrogens (primary N) is 1. The fourth-order valence-electron chi connectivity index (χ4n) is 28.1. The topological polar surface area (TPSA) is 530 Å². The van der Waals surface area contributed by atoms with E-state index in [1.54, 1.807) is 86.4 Å². The van der Waals surface area contributed by atoms with E-state index in [4.69, 9.17) is 34.2 Å². The number of carbonyl (C=O) groups is 5. The Morgan fingerprint density at radius 3 is 1.55 bits per heavy atom. The first-order chi connectivity index (χ1) is 66.9. The number of cyclic esters (lactones) is 1. The van der Waals surface area contributed by atoms with Gasteiger partial charge in [-0.05, 0) is 248 Å². The number of fused-ring (bicyclic) bond motifs is 12. The molecule has 25 unspecified atom stereocenters. The second kappa shape index (κ2) is 53.2. The largest absolute Gasteiger partial charge is 0.462 e. The van der Waals surface area contributed by atoms with Gasteiger partial charge in [-0.25, -0.2) is 0 Å². The zero-order valence-corrected chi connectivity index (χ0v) is 85.6.